The minimum absolute atomic E-state index is 0.136. The second-order valence-corrected chi connectivity index (χ2v) is 3.60. The fourth-order valence-electron chi connectivity index (χ4n) is 1.58. The minimum atomic E-state index is -0.438. The first kappa shape index (κ1) is 14.2. The Balaban J connectivity index is 2.49. The van der Waals surface area contributed by atoms with Crippen molar-refractivity contribution in [2.24, 2.45) is 0 Å². The molecule has 7 nitrogen and oxygen atoms in total. The summed E-state index contributed by atoms with van der Waals surface area (Å²) in [5.74, 6) is 0. The van der Waals surface area contributed by atoms with Crippen LogP contribution in [-0.2, 0) is 23.7 Å². The molecule has 1 aliphatic heterocycles. The van der Waals surface area contributed by atoms with Gasteiger partial charge in [0, 0.05) is 27.8 Å². The van der Waals surface area contributed by atoms with Gasteiger partial charge in [-0.1, -0.05) is 0 Å². The quantitative estimate of drug-likeness (QED) is 0.615. The highest BCUT2D eigenvalue weighted by Gasteiger charge is 2.32. The third-order valence-corrected chi connectivity index (χ3v) is 2.50. The van der Waals surface area contributed by atoms with Crippen LogP contribution in [0.3, 0.4) is 0 Å². The summed E-state index contributed by atoms with van der Waals surface area (Å²) in [5, 5.41) is 2.66. The summed E-state index contributed by atoms with van der Waals surface area (Å²) in [5.41, 5.74) is 0. The van der Waals surface area contributed by atoms with Crippen molar-refractivity contribution in [3.63, 3.8) is 0 Å². The fourth-order valence-corrected chi connectivity index (χ4v) is 1.58. The lowest BCUT2D eigenvalue weighted by Gasteiger charge is -2.25. The summed E-state index contributed by atoms with van der Waals surface area (Å²) < 4.78 is 25.4. The third kappa shape index (κ3) is 4.47. The topological polar surface area (TPSA) is 75.2 Å². The Kier molecular flexibility index (Phi) is 6.20. The van der Waals surface area contributed by atoms with Gasteiger partial charge in [0.05, 0.1) is 12.1 Å². The highest BCUT2D eigenvalue weighted by Crippen LogP contribution is 2.14. The van der Waals surface area contributed by atoms with Crippen LogP contribution in [0.15, 0.2) is 0 Å². The van der Waals surface area contributed by atoms with Crippen molar-refractivity contribution in [1.82, 2.24) is 5.32 Å². The number of ether oxygens (including phenoxy) is 5. The van der Waals surface area contributed by atoms with Crippen molar-refractivity contribution in [3.8, 4) is 0 Å². The second-order valence-electron chi connectivity index (χ2n) is 3.60. The van der Waals surface area contributed by atoms with Gasteiger partial charge in [0.1, 0.15) is 13.4 Å². The summed E-state index contributed by atoms with van der Waals surface area (Å²) in [4.78, 5) is 11.0. The molecule has 0 saturated carbocycles. The maximum Gasteiger partial charge on any atom is 0.407 e. The molecule has 100 valence electrons. The smallest absolute Gasteiger partial charge is 0.407 e. The Hall–Kier alpha value is -0.890. The largest absolute Gasteiger partial charge is 0.447 e. The highest BCUT2D eigenvalue weighted by atomic mass is 16.7. The molecule has 0 bridgehead atoms. The van der Waals surface area contributed by atoms with E-state index in [0.29, 0.717) is 6.42 Å². The number of rotatable bonds is 8. The molecule has 0 aromatic rings. The first-order chi connectivity index (χ1) is 8.21. The van der Waals surface area contributed by atoms with Gasteiger partial charge in [-0.2, -0.15) is 0 Å². The molecule has 1 fully saturated rings. The van der Waals surface area contributed by atoms with Crippen LogP contribution >= 0.6 is 0 Å². The van der Waals surface area contributed by atoms with Crippen molar-refractivity contribution in [3.05, 3.63) is 0 Å². The molecule has 7 heteroatoms. The molecule has 0 aliphatic carbocycles. The maximum atomic E-state index is 11.0. The number of hydrogen-bond donors (Lipinski definition) is 1. The molecule has 1 aliphatic rings. The highest BCUT2D eigenvalue weighted by molar-refractivity contribution is 5.69. The van der Waals surface area contributed by atoms with Gasteiger partial charge >= 0.3 is 6.09 Å². The number of methoxy groups -OCH3 is 3. The molecule has 0 spiro atoms. The number of nitrogens with one attached hydrogen (secondary N) is 1. The molecule has 0 aromatic heterocycles. The molecule has 1 heterocycles. The molecule has 17 heavy (non-hydrogen) atoms. The Morgan fingerprint density at radius 3 is 2.59 bits per heavy atom. The third-order valence-electron chi connectivity index (χ3n) is 2.50. The number of alkyl carbamates (subject to hydrolysis) is 1. The number of carbonyl (C=O) groups is 1. The second kappa shape index (κ2) is 7.44. The summed E-state index contributed by atoms with van der Waals surface area (Å²) in [7, 11) is 4.63. The molecule has 0 radical (unpaired) electrons. The number of cyclic esters (lactones) is 1. The molecular weight excluding hydrogens is 230 g/mol. The van der Waals surface area contributed by atoms with Crippen LogP contribution in [0.1, 0.15) is 6.42 Å². The van der Waals surface area contributed by atoms with Crippen LogP contribution < -0.4 is 5.32 Å². The van der Waals surface area contributed by atoms with Crippen molar-refractivity contribution in [1.29, 1.82) is 0 Å². The van der Waals surface area contributed by atoms with E-state index in [1.807, 2.05) is 0 Å². The van der Waals surface area contributed by atoms with Crippen molar-refractivity contribution in [2.45, 2.75) is 24.9 Å². The molecule has 0 aromatic carbocycles. The SMILES string of the molecule is COCO[C@@H](CC(OC)OC)[C@H]1COC(=O)N1. The zero-order valence-corrected chi connectivity index (χ0v) is 10.3. The van der Waals surface area contributed by atoms with E-state index in [9.17, 15) is 4.79 Å². The van der Waals surface area contributed by atoms with Gasteiger partial charge in [0.2, 0.25) is 0 Å². The van der Waals surface area contributed by atoms with Gasteiger partial charge in [-0.3, -0.25) is 0 Å². The summed E-state index contributed by atoms with van der Waals surface area (Å²) in [6.07, 6.45) is -0.641. The maximum absolute atomic E-state index is 11.0. The molecule has 0 unspecified atom stereocenters. The van der Waals surface area contributed by atoms with E-state index in [0.717, 1.165) is 0 Å². The summed E-state index contributed by atoms with van der Waals surface area (Å²) in [6.45, 7) is 0.407. The molecule has 1 saturated heterocycles. The first-order valence-electron chi connectivity index (χ1n) is 5.30. The molecule has 1 amide bonds. The average molecular weight is 249 g/mol. The van der Waals surface area contributed by atoms with Gasteiger partial charge in [0.15, 0.2) is 6.29 Å². The lowest BCUT2D eigenvalue weighted by Crippen LogP contribution is -2.42. The minimum Gasteiger partial charge on any atom is -0.447 e. The Bertz CT molecular complexity index is 233. The van der Waals surface area contributed by atoms with Crippen LogP contribution in [0.5, 0.6) is 0 Å². The zero-order chi connectivity index (χ0) is 12.7. The van der Waals surface area contributed by atoms with Gasteiger partial charge in [-0.15, -0.1) is 0 Å². The van der Waals surface area contributed by atoms with Crippen LogP contribution in [0.2, 0.25) is 0 Å². The molecule has 2 atom stereocenters. The zero-order valence-electron chi connectivity index (χ0n) is 10.3. The Morgan fingerprint density at radius 1 is 1.41 bits per heavy atom. The van der Waals surface area contributed by atoms with Crippen LogP contribution in [0.4, 0.5) is 4.79 Å². The number of carbonyl (C=O) groups excluding carboxylic acids is 1. The lowest BCUT2D eigenvalue weighted by molar-refractivity contribution is -0.152. The predicted octanol–water partition coefficient (Wildman–Crippen LogP) is 0.0929. The van der Waals surface area contributed by atoms with Crippen molar-refractivity contribution >= 4 is 6.09 Å². The van der Waals surface area contributed by atoms with E-state index in [-0.39, 0.29) is 25.5 Å². The van der Waals surface area contributed by atoms with Crippen molar-refractivity contribution < 1.29 is 28.5 Å². The average Bonchev–Trinajstić information content (AvgIpc) is 2.76. The predicted molar refractivity (Wildman–Crippen MR) is 57.4 cm³/mol. The summed E-state index contributed by atoms with van der Waals surface area (Å²) in [6, 6.07) is -0.217. The van der Waals surface area contributed by atoms with E-state index < -0.39 is 12.4 Å². The van der Waals surface area contributed by atoms with Gasteiger partial charge in [-0.05, 0) is 0 Å². The fraction of sp³-hybridized carbons (Fsp3) is 0.900. The van der Waals surface area contributed by atoms with Crippen LogP contribution in [-0.4, -0.2) is 59.3 Å². The van der Waals surface area contributed by atoms with Crippen LogP contribution in [0, 0.1) is 0 Å². The van der Waals surface area contributed by atoms with E-state index >= 15 is 0 Å². The standard InChI is InChI=1S/C10H19NO6/c1-13-6-17-8(4-9(14-2)15-3)7-5-16-10(12)11-7/h7-9H,4-6H2,1-3H3,(H,11,12)/t7-,8+/m1/s1. The van der Waals surface area contributed by atoms with E-state index in [2.05, 4.69) is 5.32 Å². The van der Waals surface area contributed by atoms with E-state index in [1.165, 1.54) is 7.11 Å². The first-order valence-corrected chi connectivity index (χ1v) is 5.30. The van der Waals surface area contributed by atoms with Crippen molar-refractivity contribution in [2.75, 3.05) is 34.7 Å². The number of amides is 1. The lowest BCUT2D eigenvalue weighted by atomic mass is 10.1. The Morgan fingerprint density at radius 2 is 2.12 bits per heavy atom. The summed E-state index contributed by atoms with van der Waals surface area (Å²) >= 11 is 0. The Labute approximate surface area is 100 Å². The van der Waals surface area contributed by atoms with Gasteiger partial charge in [-0.25, -0.2) is 4.79 Å². The van der Waals surface area contributed by atoms with Gasteiger partial charge in [0.25, 0.3) is 0 Å². The molecule has 1 rings (SSSR count). The molecule has 1 N–H and O–H groups in total. The normalized spacial score (nSPS) is 21.4. The molecular formula is C10H19NO6. The monoisotopic (exact) mass is 249 g/mol. The number of hydrogen-bond acceptors (Lipinski definition) is 6. The van der Waals surface area contributed by atoms with E-state index in [4.69, 9.17) is 23.7 Å². The van der Waals surface area contributed by atoms with E-state index in [1.54, 1.807) is 14.2 Å². The van der Waals surface area contributed by atoms with Gasteiger partial charge < -0.3 is 29.0 Å². The van der Waals surface area contributed by atoms with Crippen LogP contribution in [0.25, 0.3) is 0 Å².